The number of aryl methyl sites for hydroxylation is 1. The van der Waals surface area contributed by atoms with Gasteiger partial charge in [0.05, 0.1) is 5.56 Å². The molecule has 0 saturated carbocycles. The van der Waals surface area contributed by atoms with Crippen molar-refractivity contribution in [2.24, 2.45) is 0 Å². The van der Waals surface area contributed by atoms with Crippen LogP contribution in [0, 0.1) is 12.7 Å². The molecular weight excluding hydrogens is 277 g/mol. The van der Waals surface area contributed by atoms with Gasteiger partial charge in [-0.1, -0.05) is 11.6 Å². The number of carbonyl (C=O) groups excluding carboxylic acids is 1. The number of halogens is 1. The van der Waals surface area contributed by atoms with Gasteiger partial charge in [0.15, 0.2) is 0 Å². The van der Waals surface area contributed by atoms with Gasteiger partial charge in [-0.25, -0.2) is 9.18 Å². The van der Waals surface area contributed by atoms with Crippen LogP contribution in [-0.2, 0) is 0 Å². The van der Waals surface area contributed by atoms with Crippen molar-refractivity contribution in [1.82, 2.24) is 0 Å². The van der Waals surface area contributed by atoms with Gasteiger partial charge in [0.1, 0.15) is 17.1 Å². The first-order valence-corrected chi connectivity index (χ1v) is 6.02. The maximum atomic E-state index is 13.6. The number of nitrogens with one attached hydrogen (secondary N) is 1. The predicted molar refractivity (Wildman–Crippen MR) is 74.2 cm³/mol. The van der Waals surface area contributed by atoms with Gasteiger partial charge in [-0.2, -0.15) is 0 Å². The van der Waals surface area contributed by atoms with Gasteiger partial charge >= 0.3 is 5.97 Å². The molecule has 5 nitrogen and oxygen atoms in total. The monoisotopic (exact) mass is 289 g/mol. The molecule has 21 heavy (non-hydrogen) atoms. The van der Waals surface area contributed by atoms with E-state index in [0.29, 0.717) is 0 Å². The predicted octanol–water partition coefficient (Wildman–Crippen LogP) is 2.79. The lowest BCUT2D eigenvalue weighted by molar-refractivity contribution is 0.0693. The number of amides is 1. The van der Waals surface area contributed by atoms with Gasteiger partial charge < -0.3 is 15.5 Å². The summed E-state index contributed by atoms with van der Waals surface area (Å²) in [5.74, 6) is -3.11. The van der Waals surface area contributed by atoms with Crippen LogP contribution in [0.25, 0.3) is 0 Å². The van der Waals surface area contributed by atoms with Crippen LogP contribution in [0.15, 0.2) is 36.4 Å². The second-order valence-electron chi connectivity index (χ2n) is 4.47. The number of hydrogen-bond acceptors (Lipinski definition) is 3. The summed E-state index contributed by atoms with van der Waals surface area (Å²) in [5, 5.41) is 20.7. The minimum Gasteiger partial charge on any atom is -0.507 e. The molecule has 3 N–H and O–H groups in total. The van der Waals surface area contributed by atoms with Crippen molar-refractivity contribution in [3.8, 4) is 5.75 Å². The Morgan fingerprint density at radius 2 is 1.81 bits per heavy atom. The molecule has 6 heteroatoms. The molecule has 0 spiro atoms. The maximum Gasteiger partial charge on any atom is 0.339 e. The van der Waals surface area contributed by atoms with E-state index in [-0.39, 0.29) is 16.8 Å². The third kappa shape index (κ3) is 3.17. The summed E-state index contributed by atoms with van der Waals surface area (Å²) in [6.45, 7) is 1.73. The second-order valence-corrected chi connectivity index (χ2v) is 4.47. The van der Waals surface area contributed by atoms with Crippen molar-refractivity contribution in [3.05, 3.63) is 58.9 Å². The van der Waals surface area contributed by atoms with Crippen LogP contribution >= 0.6 is 0 Å². The van der Waals surface area contributed by atoms with E-state index in [1.807, 2.05) is 0 Å². The number of aromatic hydroxyl groups is 1. The highest BCUT2D eigenvalue weighted by Crippen LogP contribution is 2.22. The van der Waals surface area contributed by atoms with Crippen molar-refractivity contribution < 1.29 is 24.2 Å². The van der Waals surface area contributed by atoms with E-state index < -0.39 is 23.4 Å². The zero-order chi connectivity index (χ0) is 15.6. The van der Waals surface area contributed by atoms with Gasteiger partial charge in [-0.3, -0.25) is 4.79 Å². The lowest BCUT2D eigenvalue weighted by Crippen LogP contribution is -2.14. The molecule has 0 unspecified atom stereocenters. The zero-order valence-corrected chi connectivity index (χ0v) is 11.1. The summed E-state index contributed by atoms with van der Waals surface area (Å²) in [7, 11) is 0. The van der Waals surface area contributed by atoms with E-state index in [0.717, 1.165) is 17.7 Å². The molecule has 1 amide bonds. The molecule has 0 heterocycles. The second kappa shape index (κ2) is 5.62. The highest BCUT2D eigenvalue weighted by atomic mass is 19.1. The van der Waals surface area contributed by atoms with Crippen LogP contribution in [0.2, 0.25) is 0 Å². The topological polar surface area (TPSA) is 86.6 Å². The first kappa shape index (κ1) is 14.5. The lowest BCUT2D eigenvalue weighted by atomic mass is 10.1. The molecule has 2 aromatic carbocycles. The Morgan fingerprint density at radius 3 is 2.43 bits per heavy atom. The fourth-order valence-corrected chi connectivity index (χ4v) is 1.80. The largest absolute Gasteiger partial charge is 0.507 e. The summed E-state index contributed by atoms with van der Waals surface area (Å²) in [6.07, 6.45) is 0. The fourth-order valence-electron chi connectivity index (χ4n) is 1.80. The van der Waals surface area contributed by atoms with E-state index in [9.17, 15) is 19.1 Å². The van der Waals surface area contributed by atoms with Crippen molar-refractivity contribution in [1.29, 1.82) is 0 Å². The SMILES string of the molecule is Cc1ccc(F)c(C(=O)Nc2ccc(C(=O)O)c(O)c2)c1. The molecule has 0 aromatic heterocycles. The quantitative estimate of drug-likeness (QED) is 0.811. The first-order valence-electron chi connectivity index (χ1n) is 6.02. The van der Waals surface area contributed by atoms with Crippen molar-refractivity contribution >= 4 is 17.6 Å². The molecule has 0 atom stereocenters. The molecule has 2 aromatic rings. The van der Waals surface area contributed by atoms with Crippen LogP contribution in [0.3, 0.4) is 0 Å². The van der Waals surface area contributed by atoms with Crippen molar-refractivity contribution in [2.75, 3.05) is 5.32 Å². The standard InChI is InChI=1S/C15H12FNO4/c1-8-2-5-12(16)11(6-8)14(19)17-9-3-4-10(15(20)21)13(18)7-9/h2-7,18H,1H3,(H,17,19)(H,20,21). The van der Waals surface area contributed by atoms with Gasteiger partial charge in [0.25, 0.3) is 5.91 Å². The number of aromatic carboxylic acids is 1. The first-order chi connectivity index (χ1) is 9.88. The fraction of sp³-hybridized carbons (Fsp3) is 0.0667. The summed E-state index contributed by atoms with van der Waals surface area (Å²) >= 11 is 0. The molecule has 0 aliphatic heterocycles. The summed E-state index contributed by atoms with van der Waals surface area (Å²) in [4.78, 5) is 22.7. The number of phenols is 1. The van der Waals surface area contributed by atoms with Gasteiger partial charge in [-0.05, 0) is 31.2 Å². The maximum absolute atomic E-state index is 13.6. The highest BCUT2D eigenvalue weighted by molar-refractivity contribution is 6.05. The molecule has 0 saturated heterocycles. The molecule has 108 valence electrons. The summed E-state index contributed by atoms with van der Waals surface area (Å²) in [6, 6.07) is 7.69. The number of carboxylic acids is 1. The molecule has 0 bridgehead atoms. The third-order valence-electron chi connectivity index (χ3n) is 2.85. The Kier molecular flexibility index (Phi) is 3.89. The number of rotatable bonds is 3. The van der Waals surface area contributed by atoms with Crippen molar-refractivity contribution in [3.63, 3.8) is 0 Å². The summed E-state index contributed by atoms with van der Waals surface area (Å²) < 4.78 is 13.6. The molecule has 2 rings (SSSR count). The minimum atomic E-state index is -1.28. The Hall–Kier alpha value is -2.89. The molecule has 0 fully saturated rings. The number of carbonyl (C=O) groups is 2. The van der Waals surface area contributed by atoms with Gasteiger partial charge in [-0.15, -0.1) is 0 Å². The Labute approximate surface area is 119 Å². The van der Waals surface area contributed by atoms with Gasteiger partial charge in [0, 0.05) is 11.8 Å². The molecule has 0 aliphatic carbocycles. The third-order valence-corrected chi connectivity index (χ3v) is 2.85. The van der Waals surface area contributed by atoms with Crippen LogP contribution in [0.5, 0.6) is 5.75 Å². The highest BCUT2D eigenvalue weighted by Gasteiger charge is 2.14. The Morgan fingerprint density at radius 1 is 1.10 bits per heavy atom. The molecular formula is C15H12FNO4. The molecule has 0 radical (unpaired) electrons. The average molecular weight is 289 g/mol. The van der Waals surface area contributed by atoms with E-state index in [1.165, 1.54) is 18.2 Å². The van der Waals surface area contributed by atoms with Crippen LogP contribution in [-0.4, -0.2) is 22.1 Å². The number of hydrogen-bond donors (Lipinski definition) is 3. The van der Waals surface area contributed by atoms with Crippen LogP contribution < -0.4 is 5.32 Å². The van der Waals surface area contributed by atoms with Crippen LogP contribution in [0.4, 0.5) is 10.1 Å². The lowest BCUT2D eigenvalue weighted by Gasteiger charge is -2.08. The minimum absolute atomic E-state index is 0.128. The Bertz CT molecular complexity index is 728. The smallest absolute Gasteiger partial charge is 0.339 e. The van der Waals surface area contributed by atoms with E-state index in [2.05, 4.69) is 5.32 Å². The normalized spacial score (nSPS) is 10.2. The number of benzene rings is 2. The average Bonchev–Trinajstić information content (AvgIpc) is 2.41. The van der Waals surface area contributed by atoms with Gasteiger partial charge in [0.2, 0.25) is 0 Å². The van der Waals surface area contributed by atoms with Crippen molar-refractivity contribution in [2.45, 2.75) is 6.92 Å². The number of anilines is 1. The summed E-state index contributed by atoms with van der Waals surface area (Å²) in [5.41, 5.74) is 0.487. The zero-order valence-electron chi connectivity index (χ0n) is 11.1. The Balaban J connectivity index is 2.26. The van der Waals surface area contributed by atoms with Crippen LogP contribution in [0.1, 0.15) is 26.3 Å². The van der Waals surface area contributed by atoms with E-state index in [1.54, 1.807) is 13.0 Å². The number of carboxylic acid groups (broad SMARTS) is 1. The van der Waals surface area contributed by atoms with E-state index in [4.69, 9.17) is 5.11 Å². The molecule has 0 aliphatic rings. The van der Waals surface area contributed by atoms with E-state index >= 15 is 0 Å².